The second-order valence-electron chi connectivity index (χ2n) is 3.52. The first-order valence-electron chi connectivity index (χ1n) is 5.39. The van der Waals surface area contributed by atoms with Crippen molar-refractivity contribution in [2.45, 2.75) is 0 Å². The fourth-order valence-corrected chi connectivity index (χ4v) is 1.39. The lowest BCUT2D eigenvalue weighted by atomic mass is 10.2. The van der Waals surface area contributed by atoms with Crippen LogP contribution in [0.1, 0.15) is 10.4 Å². The molecular formula is C11H13N5O2. The summed E-state index contributed by atoms with van der Waals surface area (Å²) >= 11 is 0. The van der Waals surface area contributed by atoms with E-state index in [-0.39, 0.29) is 5.91 Å². The first-order valence-corrected chi connectivity index (χ1v) is 5.39. The summed E-state index contributed by atoms with van der Waals surface area (Å²) in [5, 5.41) is 10.1. The van der Waals surface area contributed by atoms with Gasteiger partial charge in [-0.2, -0.15) is 0 Å². The van der Waals surface area contributed by atoms with Gasteiger partial charge in [-0.25, -0.2) is 4.98 Å². The van der Waals surface area contributed by atoms with Gasteiger partial charge in [0.15, 0.2) is 0 Å². The van der Waals surface area contributed by atoms with Crippen LogP contribution in [0.5, 0.6) is 0 Å². The molecule has 7 nitrogen and oxygen atoms in total. The molecule has 2 aromatic heterocycles. The molecule has 0 fully saturated rings. The molecule has 1 amide bonds. The quantitative estimate of drug-likeness (QED) is 0.754. The van der Waals surface area contributed by atoms with Gasteiger partial charge < -0.3 is 10.1 Å². The summed E-state index contributed by atoms with van der Waals surface area (Å²) in [4.78, 5) is 15.9. The predicted octanol–water partition coefficient (Wildman–Crippen LogP) is 0.0385. The lowest BCUT2D eigenvalue weighted by Crippen LogP contribution is -2.27. The maximum atomic E-state index is 11.8. The summed E-state index contributed by atoms with van der Waals surface area (Å²) < 4.78 is 6.49. The van der Waals surface area contributed by atoms with E-state index in [9.17, 15) is 4.79 Å². The number of ether oxygens (including phenoxy) is 1. The number of rotatable bonds is 5. The highest BCUT2D eigenvalue weighted by atomic mass is 16.5. The molecule has 1 N–H and O–H groups in total. The molecule has 18 heavy (non-hydrogen) atoms. The lowest BCUT2D eigenvalue weighted by molar-refractivity contribution is 0.0937. The van der Waals surface area contributed by atoms with Gasteiger partial charge in [0.1, 0.15) is 18.5 Å². The van der Waals surface area contributed by atoms with E-state index in [0.29, 0.717) is 24.5 Å². The highest BCUT2D eigenvalue weighted by Gasteiger charge is 2.07. The van der Waals surface area contributed by atoms with Gasteiger partial charge in [-0.1, -0.05) is 0 Å². The highest BCUT2D eigenvalue weighted by molar-refractivity contribution is 5.94. The van der Waals surface area contributed by atoms with Crippen LogP contribution in [0, 0.1) is 0 Å². The molecule has 0 unspecified atom stereocenters. The molecule has 0 aliphatic rings. The van der Waals surface area contributed by atoms with Crippen LogP contribution in [0.3, 0.4) is 0 Å². The van der Waals surface area contributed by atoms with Gasteiger partial charge in [0.25, 0.3) is 5.91 Å². The summed E-state index contributed by atoms with van der Waals surface area (Å²) in [5.41, 5.74) is 0.532. The third-order valence-electron chi connectivity index (χ3n) is 2.28. The number of nitrogens with zero attached hydrogens (tertiary/aromatic N) is 4. The number of carbonyl (C=O) groups excluding carboxylic acids is 1. The smallest absolute Gasteiger partial charge is 0.251 e. The molecule has 0 aliphatic heterocycles. The van der Waals surface area contributed by atoms with Crippen molar-refractivity contribution in [2.75, 3.05) is 20.3 Å². The standard InChI is InChI=1S/C11H13N5O2/c1-18-5-4-13-11(17)9-2-3-12-10(6-9)16-7-14-15-8-16/h2-3,6-8H,4-5H2,1H3,(H,13,17). The Kier molecular flexibility index (Phi) is 3.98. The maximum Gasteiger partial charge on any atom is 0.251 e. The zero-order chi connectivity index (χ0) is 12.8. The first kappa shape index (κ1) is 12.2. The topological polar surface area (TPSA) is 81.9 Å². The third kappa shape index (κ3) is 2.89. The number of aromatic nitrogens is 4. The molecule has 0 saturated heterocycles. The van der Waals surface area contributed by atoms with Gasteiger partial charge in [0.05, 0.1) is 6.61 Å². The second kappa shape index (κ2) is 5.87. The van der Waals surface area contributed by atoms with Gasteiger partial charge in [-0.15, -0.1) is 10.2 Å². The molecule has 2 rings (SSSR count). The van der Waals surface area contributed by atoms with Gasteiger partial charge in [-0.3, -0.25) is 9.36 Å². The Bertz CT molecular complexity index is 512. The zero-order valence-corrected chi connectivity index (χ0v) is 9.91. The minimum absolute atomic E-state index is 0.163. The summed E-state index contributed by atoms with van der Waals surface area (Å²) in [5.74, 6) is 0.433. The second-order valence-corrected chi connectivity index (χ2v) is 3.52. The minimum Gasteiger partial charge on any atom is -0.383 e. The molecule has 0 radical (unpaired) electrons. The molecule has 0 aliphatic carbocycles. The Labute approximate surface area is 104 Å². The van der Waals surface area contributed by atoms with Crippen LogP contribution < -0.4 is 5.32 Å². The molecule has 0 bridgehead atoms. The van der Waals surface area contributed by atoms with Gasteiger partial charge in [0.2, 0.25) is 0 Å². The molecule has 0 spiro atoms. The first-order chi connectivity index (χ1) is 8.81. The van der Waals surface area contributed by atoms with E-state index < -0.39 is 0 Å². The van der Waals surface area contributed by atoms with E-state index in [2.05, 4.69) is 20.5 Å². The molecule has 2 heterocycles. The van der Waals surface area contributed by atoms with Gasteiger partial charge >= 0.3 is 0 Å². The largest absolute Gasteiger partial charge is 0.383 e. The van der Waals surface area contributed by atoms with Crippen LogP contribution in [0.15, 0.2) is 31.0 Å². The van der Waals surface area contributed by atoms with Crippen LogP contribution >= 0.6 is 0 Å². The van der Waals surface area contributed by atoms with Crippen LogP contribution in [0.2, 0.25) is 0 Å². The third-order valence-corrected chi connectivity index (χ3v) is 2.28. The van der Waals surface area contributed by atoms with Crippen molar-refractivity contribution in [3.8, 4) is 5.82 Å². The summed E-state index contributed by atoms with van der Waals surface area (Å²) in [7, 11) is 1.59. The number of pyridine rings is 1. The van der Waals surface area contributed by atoms with Gasteiger partial charge in [0, 0.05) is 25.4 Å². The SMILES string of the molecule is COCCNC(=O)c1ccnc(-n2cnnc2)c1. The van der Waals surface area contributed by atoms with Crippen molar-refractivity contribution in [1.29, 1.82) is 0 Å². The monoisotopic (exact) mass is 247 g/mol. The van der Waals surface area contributed by atoms with Crippen molar-refractivity contribution >= 4 is 5.91 Å². The summed E-state index contributed by atoms with van der Waals surface area (Å²) in [6.45, 7) is 0.953. The Balaban J connectivity index is 2.10. The molecule has 94 valence electrons. The number of hydrogen-bond donors (Lipinski definition) is 1. The summed E-state index contributed by atoms with van der Waals surface area (Å²) in [6, 6.07) is 3.32. The van der Waals surface area contributed by atoms with Crippen molar-refractivity contribution in [3.63, 3.8) is 0 Å². The Morgan fingerprint density at radius 2 is 2.22 bits per heavy atom. The maximum absolute atomic E-state index is 11.8. The van der Waals surface area contributed by atoms with Crippen molar-refractivity contribution in [3.05, 3.63) is 36.5 Å². The van der Waals surface area contributed by atoms with Crippen LogP contribution in [0.4, 0.5) is 0 Å². The van der Waals surface area contributed by atoms with E-state index >= 15 is 0 Å². The van der Waals surface area contributed by atoms with Crippen LogP contribution in [0.25, 0.3) is 5.82 Å². The van der Waals surface area contributed by atoms with Crippen molar-refractivity contribution in [2.24, 2.45) is 0 Å². The Hall–Kier alpha value is -2.28. The van der Waals surface area contributed by atoms with E-state index in [4.69, 9.17) is 4.74 Å². The zero-order valence-electron chi connectivity index (χ0n) is 9.91. The Morgan fingerprint density at radius 3 is 2.94 bits per heavy atom. The number of nitrogens with one attached hydrogen (secondary N) is 1. The fourth-order valence-electron chi connectivity index (χ4n) is 1.39. The molecule has 7 heteroatoms. The number of amides is 1. The molecule has 2 aromatic rings. The highest BCUT2D eigenvalue weighted by Crippen LogP contribution is 2.05. The van der Waals surface area contributed by atoms with Crippen molar-refractivity contribution < 1.29 is 9.53 Å². The molecular weight excluding hydrogens is 234 g/mol. The van der Waals surface area contributed by atoms with E-state index in [1.54, 1.807) is 30.0 Å². The summed E-state index contributed by atoms with van der Waals surface area (Å²) in [6.07, 6.45) is 4.62. The Morgan fingerprint density at radius 1 is 1.44 bits per heavy atom. The number of hydrogen-bond acceptors (Lipinski definition) is 5. The fraction of sp³-hybridized carbons (Fsp3) is 0.273. The molecule has 0 atom stereocenters. The average molecular weight is 247 g/mol. The minimum atomic E-state index is -0.163. The lowest BCUT2D eigenvalue weighted by Gasteiger charge is -2.06. The number of carbonyl (C=O) groups is 1. The van der Waals surface area contributed by atoms with Crippen LogP contribution in [-0.4, -0.2) is 45.9 Å². The normalized spacial score (nSPS) is 10.3. The van der Waals surface area contributed by atoms with E-state index in [0.717, 1.165) is 0 Å². The van der Waals surface area contributed by atoms with Gasteiger partial charge in [-0.05, 0) is 12.1 Å². The van der Waals surface area contributed by atoms with Crippen molar-refractivity contribution in [1.82, 2.24) is 25.1 Å². The number of methoxy groups -OCH3 is 1. The van der Waals surface area contributed by atoms with E-state index in [1.807, 2.05) is 0 Å². The molecule has 0 aromatic carbocycles. The van der Waals surface area contributed by atoms with E-state index in [1.165, 1.54) is 12.7 Å². The average Bonchev–Trinajstić information content (AvgIpc) is 2.93. The predicted molar refractivity (Wildman–Crippen MR) is 63.4 cm³/mol. The van der Waals surface area contributed by atoms with Crippen LogP contribution in [-0.2, 0) is 4.74 Å². The molecule has 0 saturated carbocycles.